The van der Waals surface area contributed by atoms with Crippen LogP contribution in [0.15, 0.2) is 47.6 Å². The first-order chi connectivity index (χ1) is 11.0. The van der Waals surface area contributed by atoms with Crippen LogP contribution in [0.3, 0.4) is 0 Å². The number of hydrogen-bond donors (Lipinski definition) is 2. The van der Waals surface area contributed by atoms with Gasteiger partial charge in [-0.05, 0) is 24.3 Å². The summed E-state index contributed by atoms with van der Waals surface area (Å²) in [7, 11) is 0. The van der Waals surface area contributed by atoms with Gasteiger partial charge < -0.3 is 5.32 Å². The van der Waals surface area contributed by atoms with Crippen LogP contribution in [0.1, 0.15) is 5.56 Å². The summed E-state index contributed by atoms with van der Waals surface area (Å²) < 4.78 is 13.4. The molecule has 0 saturated carbocycles. The van der Waals surface area contributed by atoms with E-state index in [2.05, 4.69) is 10.4 Å². The zero-order valence-corrected chi connectivity index (χ0v) is 13.0. The van der Waals surface area contributed by atoms with Crippen molar-refractivity contribution in [3.05, 3.63) is 63.9 Å². The SMILES string of the molecule is O=C(N/N=C\c1c(Cl)cccc1Cl)C(=O)Nc1ccccc1F. The Hall–Kier alpha value is -2.44. The lowest BCUT2D eigenvalue weighted by Crippen LogP contribution is -2.32. The first-order valence-electron chi connectivity index (χ1n) is 6.32. The molecule has 0 fully saturated rings. The van der Waals surface area contributed by atoms with Gasteiger partial charge in [0, 0.05) is 5.56 Å². The minimum atomic E-state index is -1.06. The van der Waals surface area contributed by atoms with Crippen LogP contribution in [0.4, 0.5) is 10.1 Å². The van der Waals surface area contributed by atoms with Gasteiger partial charge in [0.05, 0.1) is 21.9 Å². The number of hydrogen-bond acceptors (Lipinski definition) is 3. The Morgan fingerprint density at radius 1 is 1.00 bits per heavy atom. The maximum atomic E-state index is 13.4. The third kappa shape index (κ3) is 4.51. The summed E-state index contributed by atoms with van der Waals surface area (Å²) in [4.78, 5) is 23.2. The number of amides is 2. The van der Waals surface area contributed by atoms with E-state index in [0.717, 1.165) is 6.07 Å². The van der Waals surface area contributed by atoms with Gasteiger partial charge in [0.15, 0.2) is 0 Å². The quantitative estimate of drug-likeness (QED) is 0.505. The van der Waals surface area contributed by atoms with E-state index in [4.69, 9.17) is 23.2 Å². The summed E-state index contributed by atoms with van der Waals surface area (Å²) >= 11 is 11.8. The van der Waals surface area contributed by atoms with Crippen molar-refractivity contribution < 1.29 is 14.0 Å². The summed E-state index contributed by atoms with van der Waals surface area (Å²) in [5.74, 6) is -2.77. The third-order valence-corrected chi connectivity index (χ3v) is 3.35. The van der Waals surface area contributed by atoms with Gasteiger partial charge in [-0.15, -0.1) is 0 Å². The van der Waals surface area contributed by atoms with Gasteiger partial charge in [-0.2, -0.15) is 5.10 Å². The molecule has 2 amide bonds. The smallest absolute Gasteiger partial charge is 0.315 e. The van der Waals surface area contributed by atoms with Gasteiger partial charge in [0.25, 0.3) is 0 Å². The number of anilines is 1. The standard InChI is InChI=1S/C15H10Cl2FN3O2/c16-10-4-3-5-11(17)9(10)8-19-21-15(23)14(22)20-13-7-2-1-6-12(13)18/h1-8H,(H,20,22)(H,21,23)/b19-8-. The minimum absolute atomic E-state index is 0.106. The second-order valence-corrected chi connectivity index (χ2v) is 5.08. The molecule has 2 rings (SSSR count). The van der Waals surface area contributed by atoms with Crippen LogP contribution in [-0.4, -0.2) is 18.0 Å². The van der Waals surface area contributed by atoms with Gasteiger partial charge >= 0.3 is 11.8 Å². The van der Waals surface area contributed by atoms with Gasteiger partial charge in [-0.3, -0.25) is 9.59 Å². The zero-order valence-electron chi connectivity index (χ0n) is 11.5. The molecule has 118 valence electrons. The lowest BCUT2D eigenvalue weighted by molar-refractivity contribution is -0.136. The first kappa shape index (κ1) is 16.9. The summed E-state index contributed by atoms with van der Waals surface area (Å²) in [5.41, 5.74) is 2.29. The molecule has 2 N–H and O–H groups in total. The number of carbonyl (C=O) groups is 2. The van der Waals surface area contributed by atoms with E-state index in [1.54, 1.807) is 18.2 Å². The lowest BCUT2D eigenvalue weighted by Gasteiger charge is -2.05. The molecule has 0 aliphatic rings. The lowest BCUT2D eigenvalue weighted by atomic mass is 10.2. The van der Waals surface area contributed by atoms with Crippen LogP contribution in [-0.2, 0) is 9.59 Å². The van der Waals surface area contributed by atoms with Crippen LogP contribution >= 0.6 is 23.2 Å². The number of nitrogens with zero attached hydrogens (tertiary/aromatic N) is 1. The van der Waals surface area contributed by atoms with E-state index in [0.29, 0.717) is 15.6 Å². The van der Waals surface area contributed by atoms with E-state index in [1.165, 1.54) is 24.4 Å². The van der Waals surface area contributed by atoms with Crippen molar-refractivity contribution in [2.75, 3.05) is 5.32 Å². The molecular weight excluding hydrogens is 344 g/mol. The molecule has 0 aromatic heterocycles. The average molecular weight is 354 g/mol. The van der Waals surface area contributed by atoms with Crippen molar-refractivity contribution >= 4 is 46.9 Å². The van der Waals surface area contributed by atoms with Gasteiger partial charge in [-0.1, -0.05) is 41.4 Å². The molecule has 0 aliphatic carbocycles. The molecule has 0 saturated heterocycles. The number of para-hydroxylation sites is 1. The molecule has 5 nitrogen and oxygen atoms in total. The number of nitrogens with one attached hydrogen (secondary N) is 2. The molecule has 2 aromatic carbocycles. The normalized spacial score (nSPS) is 10.6. The van der Waals surface area contributed by atoms with Crippen molar-refractivity contribution in [2.45, 2.75) is 0 Å². The van der Waals surface area contributed by atoms with Crippen LogP contribution in [0.25, 0.3) is 0 Å². The van der Waals surface area contributed by atoms with Crippen LogP contribution in [0, 0.1) is 5.82 Å². The van der Waals surface area contributed by atoms with Crippen LogP contribution in [0.2, 0.25) is 10.0 Å². The van der Waals surface area contributed by atoms with Crippen molar-refractivity contribution in [3.8, 4) is 0 Å². The highest BCUT2D eigenvalue weighted by molar-refractivity contribution is 6.40. The predicted molar refractivity (Wildman–Crippen MR) is 87.2 cm³/mol. The first-order valence-corrected chi connectivity index (χ1v) is 7.07. The molecule has 8 heteroatoms. The molecular formula is C15H10Cl2FN3O2. The molecule has 0 radical (unpaired) electrons. The van der Waals surface area contributed by atoms with E-state index in [1.807, 2.05) is 5.43 Å². The van der Waals surface area contributed by atoms with Crippen molar-refractivity contribution in [1.82, 2.24) is 5.43 Å². The highest BCUT2D eigenvalue weighted by Crippen LogP contribution is 2.21. The van der Waals surface area contributed by atoms with E-state index in [9.17, 15) is 14.0 Å². The fourth-order valence-corrected chi connectivity index (χ4v) is 2.08. The van der Waals surface area contributed by atoms with Crippen molar-refractivity contribution in [2.24, 2.45) is 5.10 Å². The van der Waals surface area contributed by atoms with Gasteiger partial charge in [-0.25, -0.2) is 9.82 Å². The molecule has 0 heterocycles. The number of carbonyl (C=O) groups excluding carboxylic acids is 2. The minimum Gasteiger partial charge on any atom is -0.315 e. The second kappa shape index (κ2) is 7.71. The molecule has 2 aromatic rings. The zero-order chi connectivity index (χ0) is 16.8. The fraction of sp³-hybridized carbons (Fsp3) is 0. The van der Waals surface area contributed by atoms with Crippen molar-refractivity contribution in [3.63, 3.8) is 0 Å². The van der Waals surface area contributed by atoms with E-state index >= 15 is 0 Å². The van der Waals surface area contributed by atoms with Gasteiger partial charge in [0.2, 0.25) is 0 Å². The Labute approximate surface area is 141 Å². The summed E-state index contributed by atoms with van der Waals surface area (Å²) in [6, 6.07) is 10.3. The summed E-state index contributed by atoms with van der Waals surface area (Å²) in [5, 5.41) is 6.41. The third-order valence-electron chi connectivity index (χ3n) is 2.69. The molecule has 0 aliphatic heterocycles. The Kier molecular flexibility index (Phi) is 5.67. The Morgan fingerprint density at radius 3 is 2.30 bits per heavy atom. The molecule has 23 heavy (non-hydrogen) atoms. The Bertz CT molecular complexity index is 761. The van der Waals surface area contributed by atoms with E-state index in [-0.39, 0.29) is 5.69 Å². The monoisotopic (exact) mass is 353 g/mol. The Morgan fingerprint density at radius 2 is 1.65 bits per heavy atom. The Balaban J connectivity index is 1.98. The molecule has 0 atom stereocenters. The highest BCUT2D eigenvalue weighted by atomic mass is 35.5. The topological polar surface area (TPSA) is 70.6 Å². The second-order valence-electron chi connectivity index (χ2n) is 4.27. The number of halogens is 3. The van der Waals surface area contributed by atoms with Crippen LogP contribution in [0.5, 0.6) is 0 Å². The summed E-state index contributed by atoms with van der Waals surface area (Å²) in [6.45, 7) is 0. The average Bonchev–Trinajstić information content (AvgIpc) is 2.52. The maximum absolute atomic E-state index is 13.4. The van der Waals surface area contributed by atoms with E-state index < -0.39 is 17.6 Å². The largest absolute Gasteiger partial charge is 0.329 e. The molecule has 0 spiro atoms. The maximum Gasteiger partial charge on any atom is 0.329 e. The number of benzene rings is 2. The van der Waals surface area contributed by atoms with Crippen molar-refractivity contribution in [1.29, 1.82) is 0 Å². The van der Waals surface area contributed by atoms with Crippen LogP contribution < -0.4 is 10.7 Å². The van der Waals surface area contributed by atoms with Gasteiger partial charge in [0.1, 0.15) is 5.82 Å². The summed E-state index contributed by atoms with van der Waals surface area (Å²) in [6.07, 6.45) is 1.21. The molecule has 0 bridgehead atoms. The number of hydrazone groups is 1. The fourth-order valence-electron chi connectivity index (χ4n) is 1.58. The molecule has 0 unspecified atom stereocenters. The highest BCUT2D eigenvalue weighted by Gasteiger charge is 2.14. The number of rotatable bonds is 3. The predicted octanol–water partition coefficient (Wildman–Crippen LogP) is 3.22.